The van der Waals surface area contributed by atoms with Crippen LogP contribution in [0.15, 0.2) is 0 Å². The predicted molar refractivity (Wildman–Crippen MR) is 80.6 cm³/mol. The van der Waals surface area contributed by atoms with Gasteiger partial charge in [-0.25, -0.2) is 4.57 Å². The summed E-state index contributed by atoms with van der Waals surface area (Å²) in [5.74, 6) is 0. The maximum Gasteiger partial charge on any atom is 0.466 e. The molecule has 0 aromatic heterocycles. The largest absolute Gasteiger partial charge is 0.466 e. The van der Waals surface area contributed by atoms with Gasteiger partial charge in [0.2, 0.25) is 0 Å². The van der Waals surface area contributed by atoms with Crippen LogP contribution in [0.2, 0.25) is 13.3 Å². The van der Waals surface area contributed by atoms with Crippen LogP contribution in [0.3, 0.4) is 0 Å². The molecule has 18 heavy (non-hydrogen) atoms. The molecule has 0 saturated carbocycles. The van der Waals surface area contributed by atoms with E-state index >= 15 is 0 Å². The van der Waals surface area contributed by atoms with Gasteiger partial charge in [-0.05, 0) is 0 Å². The third-order valence-electron chi connectivity index (χ3n) is 2.90. The van der Waals surface area contributed by atoms with Crippen molar-refractivity contribution in [1.82, 2.24) is 0 Å². The zero-order chi connectivity index (χ0) is 14.4. The van der Waals surface area contributed by atoms with Crippen LogP contribution in [0.4, 0.5) is 0 Å². The van der Waals surface area contributed by atoms with Gasteiger partial charge < -0.3 is 14.7 Å². The molecule has 112 valence electrons. The number of rotatable bonds is 9. The molecule has 0 aromatic rings. The fraction of sp³-hybridized carbons (Fsp3) is 1.00. The van der Waals surface area contributed by atoms with E-state index in [0.29, 0.717) is 0 Å². The summed E-state index contributed by atoms with van der Waals surface area (Å²) in [4.78, 5) is 21.6. The van der Waals surface area contributed by atoms with Gasteiger partial charge in [0.25, 0.3) is 0 Å². The Hall–Kier alpha value is 0.909. The van der Waals surface area contributed by atoms with Crippen molar-refractivity contribution in [3.05, 3.63) is 0 Å². The van der Waals surface area contributed by atoms with Crippen LogP contribution in [0.25, 0.3) is 0 Å². The molecule has 0 amide bonds. The molecule has 0 fully saturated rings. The van der Waals surface area contributed by atoms with Crippen LogP contribution in [0.5, 0.6) is 0 Å². The minimum atomic E-state index is -4.64. The van der Waals surface area contributed by atoms with Gasteiger partial charge in [-0.1, -0.05) is 0 Å². The predicted octanol–water partition coefficient (Wildman–Crippen LogP) is 3.69. The van der Waals surface area contributed by atoms with Crippen molar-refractivity contribution in [1.29, 1.82) is 0 Å². The Bertz CT molecular complexity index is 181. The second-order valence-corrected chi connectivity index (χ2v) is 15.7. The fourth-order valence-corrected chi connectivity index (χ4v) is 12.8. The summed E-state index contributed by atoms with van der Waals surface area (Å²) in [6.45, 7) is 7.01. The monoisotopic (exact) mass is 390 g/mol. The van der Waals surface area contributed by atoms with Crippen molar-refractivity contribution in [2.75, 3.05) is 0 Å². The van der Waals surface area contributed by atoms with Crippen molar-refractivity contribution in [3.8, 4) is 0 Å². The van der Waals surface area contributed by atoms with E-state index in [4.69, 9.17) is 19.2 Å². The fourth-order valence-electron chi connectivity index (χ4n) is 1.91. The van der Waals surface area contributed by atoms with Gasteiger partial charge in [0.15, 0.2) is 0 Å². The molecule has 0 rings (SSSR count). The maximum absolute atomic E-state index is 8.88. The molecule has 0 saturated heterocycles. The van der Waals surface area contributed by atoms with E-state index in [1.54, 1.807) is 13.3 Å². The first kappa shape index (κ1) is 21.2. The van der Waals surface area contributed by atoms with E-state index in [0.717, 1.165) is 0 Å². The van der Waals surface area contributed by atoms with Gasteiger partial charge >= 0.3 is 100 Å². The van der Waals surface area contributed by atoms with Crippen LogP contribution in [0, 0.1) is 0 Å². The molecule has 0 aliphatic carbocycles. The molecule has 0 radical (unpaired) electrons. The van der Waals surface area contributed by atoms with Crippen LogP contribution in [-0.4, -0.2) is 34.4 Å². The van der Waals surface area contributed by atoms with Crippen LogP contribution in [0.1, 0.15) is 59.3 Å². The molecule has 0 atom stereocenters. The maximum atomic E-state index is 8.88. The second kappa shape index (κ2) is 14.3. The first-order valence-corrected chi connectivity index (χ1v) is 15.7. The zero-order valence-electron chi connectivity index (χ0n) is 12.1. The average molecular weight is 389 g/mol. The van der Waals surface area contributed by atoms with E-state index in [9.17, 15) is 0 Å². The second-order valence-electron chi connectivity index (χ2n) is 4.81. The zero-order valence-corrected chi connectivity index (χ0v) is 16.3. The molecule has 0 heterocycles. The van der Waals surface area contributed by atoms with Gasteiger partial charge in [-0.3, -0.25) is 0 Å². The number of unbranched alkanes of at least 4 members (excludes halogenated alkanes) is 3. The topological polar surface area (TPSA) is 77.8 Å². The Morgan fingerprint density at radius 2 is 1.00 bits per heavy atom. The third kappa shape index (κ3) is 25.7. The van der Waals surface area contributed by atoms with E-state index in [1.165, 1.54) is 38.5 Å². The molecular formula is C12H31O4PSn. The van der Waals surface area contributed by atoms with Crippen molar-refractivity contribution < 1.29 is 19.2 Å². The van der Waals surface area contributed by atoms with E-state index in [-0.39, 0.29) is 0 Å². The molecule has 3 N–H and O–H groups in total. The van der Waals surface area contributed by atoms with Crippen molar-refractivity contribution in [2.24, 2.45) is 0 Å². The molecule has 0 bridgehead atoms. The number of phosphoric acid groups is 1. The van der Waals surface area contributed by atoms with Crippen molar-refractivity contribution in [2.45, 2.75) is 72.6 Å². The normalized spacial score (nSPS) is 11.3. The molecule has 4 nitrogen and oxygen atoms in total. The van der Waals surface area contributed by atoms with Crippen molar-refractivity contribution in [3.63, 3.8) is 0 Å². The van der Waals surface area contributed by atoms with Gasteiger partial charge in [0.1, 0.15) is 0 Å². The van der Waals surface area contributed by atoms with Crippen LogP contribution in [-0.2, 0) is 4.57 Å². The van der Waals surface area contributed by atoms with Gasteiger partial charge in [0, 0.05) is 0 Å². The Morgan fingerprint density at radius 1 is 0.778 bits per heavy atom. The van der Waals surface area contributed by atoms with E-state index in [1.807, 2.05) is 0 Å². The van der Waals surface area contributed by atoms with Crippen molar-refractivity contribution >= 4 is 27.6 Å². The summed E-state index contributed by atoms with van der Waals surface area (Å²) in [6, 6.07) is 0. The molecule has 0 aromatic carbocycles. The summed E-state index contributed by atoms with van der Waals surface area (Å²) < 4.78 is 14.0. The molecule has 6 heteroatoms. The summed E-state index contributed by atoms with van der Waals surface area (Å²) in [7, 11) is -4.64. The minimum absolute atomic E-state index is 0.967. The molecular weight excluding hydrogens is 358 g/mol. The quantitative estimate of drug-likeness (QED) is 0.415. The average Bonchev–Trinajstić information content (AvgIpc) is 2.26. The number of hydrogen-bond donors (Lipinski definition) is 3. The summed E-state index contributed by atoms with van der Waals surface area (Å²) in [5.41, 5.74) is 0. The Kier molecular flexibility index (Phi) is 16.9. The molecule has 0 aliphatic rings. The summed E-state index contributed by atoms with van der Waals surface area (Å²) >= 11 is -0.967. The molecule has 0 spiro atoms. The van der Waals surface area contributed by atoms with Gasteiger partial charge in [0.05, 0.1) is 0 Å². The summed E-state index contributed by atoms with van der Waals surface area (Å²) in [6.07, 6.45) is 8.87. The van der Waals surface area contributed by atoms with Gasteiger partial charge in [-0.2, -0.15) is 0 Å². The Balaban J connectivity index is 0. The van der Waals surface area contributed by atoms with E-state index in [2.05, 4.69) is 20.8 Å². The van der Waals surface area contributed by atoms with Crippen LogP contribution < -0.4 is 0 Å². The first-order valence-electron chi connectivity index (χ1n) is 7.13. The first-order chi connectivity index (χ1) is 8.35. The standard InChI is InChI=1S/3C4H9.H3O4P.Sn.H/c3*1-3-4-2;1-5(2,3)4;;/h3*1,3-4H2,2H3;(H3,1,2,3,4);;. The Labute approximate surface area is 119 Å². The SMILES string of the molecule is CCC[CH2][SnH]([CH2]CCC)[CH2]CCC.O=P(O)(O)O. The summed E-state index contributed by atoms with van der Waals surface area (Å²) in [5, 5.41) is 0. The number of hydrogen-bond acceptors (Lipinski definition) is 1. The van der Waals surface area contributed by atoms with Gasteiger partial charge in [-0.15, -0.1) is 0 Å². The Morgan fingerprint density at radius 3 is 1.17 bits per heavy atom. The minimum Gasteiger partial charge on any atom is -0.303 e. The molecule has 0 unspecified atom stereocenters. The molecule has 0 aliphatic heterocycles. The third-order valence-corrected chi connectivity index (χ3v) is 13.4. The van der Waals surface area contributed by atoms with E-state index < -0.39 is 27.6 Å². The smallest absolute Gasteiger partial charge is 0.303 e. The van der Waals surface area contributed by atoms with Crippen LogP contribution >= 0.6 is 7.82 Å².